The van der Waals surface area contributed by atoms with Crippen LogP contribution in [-0.2, 0) is 11.2 Å². The lowest BCUT2D eigenvalue weighted by molar-refractivity contribution is -0.132. The molecule has 2 atom stereocenters. The Bertz CT molecular complexity index is 444. The third-order valence-corrected chi connectivity index (χ3v) is 4.11. The number of aryl methyl sites for hydroxylation is 1. The van der Waals surface area contributed by atoms with Crippen molar-refractivity contribution < 1.29 is 4.79 Å². The van der Waals surface area contributed by atoms with E-state index < -0.39 is 0 Å². The van der Waals surface area contributed by atoms with E-state index in [1.165, 1.54) is 5.56 Å². The van der Waals surface area contributed by atoms with Crippen molar-refractivity contribution in [2.75, 3.05) is 13.1 Å². The molecule has 1 saturated heterocycles. The number of hydrogen-bond acceptors (Lipinski definition) is 2. The number of carbonyl (C=O) groups excluding carboxylic acids is 1. The predicted octanol–water partition coefficient (Wildman–Crippen LogP) is 2.12. The van der Waals surface area contributed by atoms with E-state index >= 15 is 0 Å². The molecule has 2 N–H and O–H groups in total. The van der Waals surface area contributed by atoms with Crippen LogP contribution in [0, 0.1) is 12.8 Å². The number of piperidine rings is 1. The zero-order valence-electron chi connectivity index (χ0n) is 11.9. The predicted molar refractivity (Wildman–Crippen MR) is 77.8 cm³/mol. The molecule has 1 amide bonds. The van der Waals surface area contributed by atoms with Crippen molar-refractivity contribution in [2.24, 2.45) is 11.7 Å². The molecule has 0 bridgehead atoms. The number of amides is 1. The molecule has 0 spiro atoms. The molecule has 1 aromatic carbocycles. The molecule has 2 rings (SSSR count). The molecule has 0 aromatic heterocycles. The number of carbonyl (C=O) groups is 1. The van der Waals surface area contributed by atoms with E-state index in [4.69, 9.17) is 5.73 Å². The summed E-state index contributed by atoms with van der Waals surface area (Å²) in [4.78, 5) is 14.3. The summed E-state index contributed by atoms with van der Waals surface area (Å²) in [6, 6.07) is 8.44. The minimum absolute atomic E-state index is 0.232. The van der Waals surface area contributed by atoms with Gasteiger partial charge in [0.2, 0.25) is 5.91 Å². The van der Waals surface area contributed by atoms with Crippen LogP contribution in [0.3, 0.4) is 0 Å². The molecule has 1 fully saturated rings. The molecule has 0 aliphatic carbocycles. The first kappa shape index (κ1) is 14.1. The third kappa shape index (κ3) is 3.57. The van der Waals surface area contributed by atoms with Gasteiger partial charge in [-0.25, -0.2) is 0 Å². The SMILES string of the molecule is CCC1CN(C(=O)Cc2cccc(C)c2)CCC1N. The fourth-order valence-corrected chi connectivity index (χ4v) is 2.82. The zero-order chi connectivity index (χ0) is 13.8. The summed E-state index contributed by atoms with van der Waals surface area (Å²) in [7, 11) is 0. The van der Waals surface area contributed by atoms with E-state index in [2.05, 4.69) is 26.0 Å². The van der Waals surface area contributed by atoms with Gasteiger partial charge >= 0.3 is 0 Å². The Morgan fingerprint density at radius 1 is 1.47 bits per heavy atom. The highest BCUT2D eigenvalue weighted by Crippen LogP contribution is 2.19. The summed E-state index contributed by atoms with van der Waals surface area (Å²) in [6.07, 6.45) is 2.49. The summed E-state index contributed by atoms with van der Waals surface area (Å²) < 4.78 is 0. The Morgan fingerprint density at radius 3 is 2.95 bits per heavy atom. The molecule has 19 heavy (non-hydrogen) atoms. The average Bonchev–Trinajstić information content (AvgIpc) is 2.39. The van der Waals surface area contributed by atoms with Crippen LogP contribution in [0.4, 0.5) is 0 Å². The fraction of sp³-hybridized carbons (Fsp3) is 0.562. The minimum Gasteiger partial charge on any atom is -0.342 e. The van der Waals surface area contributed by atoms with Crippen LogP contribution < -0.4 is 5.73 Å². The van der Waals surface area contributed by atoms with Gasteiger partial charge in [0.1, 0.15) is 0 Å². The lowest BCUT2D eigenvalue weighted by Crippen LogP contribution is -2.49. The number of hydrogen-bond donors (Lipinski definition) is 1. The summed E-state index contributed by atoms with van der Waals surface area (Å²) in [5, 5.41) is 0. The van der Waals surface area contributed by atoms with Crippen molar-refractivity contribution in [1.29, 1.82) is 0 Å². The smallest absolute Gasteiger partial charge is 0.227 e. The number of benzene rings is 1. The van der Waals surface area contributed by atoms with Gasteiger partial charge in [0, 0.05) is 19.1 Å². The van der Waals surface area contributed by atoms with Crippen LogP contribution in [0.25, 0.3) is 0 Å². The summed E-state index contributed by atoms with van der Waals surface area (Å²) in [6.45, 7) is 5.84. The van der Waals surface area contributed by atoms with E-state index in [0.717, 1.165) is 31.5 Å². The molecule has 1 heterocycles. The Kier molecular flexibility index (Phi) is 4.59. The first-order chi connectivity index (χ1) is 9.10. The highest BCUT2D eigenvalue weighted by molar-refractivity contribution is 5.79. The molecular weight excluding hydrogens is 236 g/mol. The maximum Gasteiger partial charge on any atom is 0.227 e. The Labute approximate surface area is 115 Å². The van der Waals surface area contributed by atoms with Gasteiger partial charge in [-0.15, -0.1) is 0 Å². The second kappa shape index (κ2) is 6.20. The quantitative estimate of drug-likeness (QED) is 0.905. The third-order valence-electron chi connectivity index (χ3n) is 4.11. The Balaban J connectivity index is 1.97. The van der Waals surface area contributed by atoms with Gasteiger partial charge in [-0.2, -0.15) is 0 Å². The van der Waals surface area contributed by atoms with Crippen molar-refractivity contribution in [1.82, 2.24) is 4.90 Å². The molecule has 1 aromatic rings. The number of likely N-dealkylation sites (tertiary alicyclic amines) is 1. The normalized spacial score (nSPS) is 23.4. The van der Waals surface area contributed by atoms with E-state index in [0.29, 0.717) is 12.3 Å². The van der Waals surface area contributed by atoms with Crippen LogP contribution >= 0.6 is 0 Å². The first-order valence-electron chi connectivity index (χ1n) is 7.19. The molecule has 2 unspecified atom stereocenters. The number of nitrogens with two attached hydrogens (primary N) is 1. The van der Waals surface area contributed by atoms with Gasteiger partial charge in [0.15, 0.2) is 0 Å². The Hall–Kier alpha value is -1.35. The van der Waals surface area contributed by atoms with Crippen LogP contribution in [0.1, 0.15) is 30.9 Å². The van der Waals surface area contributed by atoms with E-state index in [-0.39, 0.29) is 11.9 Å². The highest BCUT2D eigenvalue weighted by atomic mass is 16.2. The van der Waals surface area contributed by atoms with Crippen LogP contribution in [0.2, 0.25) is 0 Å². The average molecular weight is 260 g/mol. The highest BCUT2D eigenvalue weighted by Gasteiger charge is 2.27. The van der Waals surface area contributed by atoms with Crippen molar-refractivity contribution >= 4 is 5.91 Å². The standard InChI is InChI=1S/C16H24N2O/c1-3-14-11-18(8-7-15(14)17)16(19)10-13-6-4-5-12(2)9-13/h4-6,9,14-15H,3,7-8,10-11,17H2,1-2H3. The lowest BCUT2D eigenvalue weighted by atomic mass is 9.90. The number of rotatable bonds is 3. The van der Waals surface area contributed by atoms with Gasteiger partial charge in [0.25, 0.3) is 0 Å². The van der Waals surface area contributed by atoms with Gasteiger partial charge < -0.3 is 10.6 Å². The second-order valence-corrected chi connectivity index (χ2v) is 5.63. The van der Waals surface area contributed by atoms with E-state index in [1.807, 2.05) is 17.0 Å². The Morgan fingerprint density at radius 2 is 2.26 bits per heavy atom. The van der Waals surface area contributed by atoms with Crippen LogP contribution in [0.5, 0.6) is 0 Å². The fourth-order valence-electron chi connectivity index (χ4n) is 2.82. The van der Waals surface area contributed by atoms with Crippen molar-refractivity contribution in [3.8, 4) is 0 Å². The molecule has 104 valence electrons. The van der Waals surface area contributed by atoms with Gasteiger partial charge in [-0.3, -0.25) is 4.79 Å². The largest absolute Gasteiger partial charge is 0.342 e. The molecule has 1 aliphatic heterocycles. The van der Waals surface area contributed by atoms with Crippen molar-refractivity contribution in [3.05, 3.63) is 35.4 Å². The summed E-state index contributed by atoms with van der Waals surface area (Å²) in [5.41, 5.74) is 8.40. The monoisotopic (exact) mass is 260 g/mol. The minimum atomic E-state index is 0.232. The summed E-state index contributed by atoms with van der Waals surface area (Å²) in [5.74, 6) is 0.686. The van der Waals surface area contributed by atoms with Crippen molar-refractivity contribution in [3.63, 3.8) is 0 Å². The second-order valence-electron chi connectivity index (χ2n) is 5.63. The van der Waals surface area contributed by atoms with Gasteiger partial charge in [-0.1, -0.05) is 43.2 Å². The van der Waals surface area contributed by atoms with Crippen LogP contribution in [0.15, 0.2) is 24.3 Å². The van der Waals surface area contributed by atoms with Crippen LogP contribution in [-0.4, -0.2) is 29.9 Å². The van der Waals surface area contributed by atoms with Crippen molar-refractivity contribution in [2.45, 2.75) is 39.2 Å². The van der Waals surface area contributed by atoms with Gasteiger partial charge in [-0.05, 0) is 24.8 Å². The maximum atomic E-state index is 12.3. The molecule has 3 heteroatoms. The molecule has 3 nitrogen and oxygen atoms in total. The first-order valence-corrected chi connectivity index (χ1v) is 7.19. The maximum absolute atomic E-state index is 12.3. The number of nitrogens with zero attached hydrogens (tertiary/aromatic N) is 1. The van der Waals surface area contributed by atoms with E-state index in [1.54, 1.807) is 0 Å². The molecule has 0 radical (unpaired) electrons. The van der Waals surface area contributed by atoms with E-state index in [9.17, 15) is 4.79 Å². The molecule has 1 aliphatic rings. The topological polar surface area (TPSA) is 46.3 Å². The lowest BCUT2D eigenvalue weighted by Gasteiger charge is -2.36. The molecular formula is C16H24N2O. The van der Waals surface area contributed by atoms with Gasteiger partial charge in [0.05, 0.1) is 6.42 Å². The zero-order valence-corrected chi connectivity index (χ0v) is 11.9. The molecule has 0 saturated carbocycles. The summed E-state index contributed by atoms with van der Waals surface area (Å²) >= 11 is 0.